The van der Waals surface area contributed by atoms with Gasteiger partial charge in [-0.05, 0) is 44.0 Å². The van der Waals surface area contributed by atoms with Gasteiger partial charge in [-0.1, -0.05) is 11.6 Å². The van der Waals surface area contributed by atoms with Gasteiger partial charge in [0.1, 0.15) is 5.82 Å². The lowest BCUT2D eigenvalue weighted by atomic mass is 10.1. The number of benzene rings is 1. The van der Waals surface area contributed by atoms with Crippen LogP contribution in [-0.4, -0.2) is 51.0 Å². The first-order valence-corrected chi connectivity index (χ1v) is 10.0. The molecule has 8 heteroatoms. The van der Waals surface area contributed by atoms with Crippen molar-refractivity contribution in [2.24, 2.45) is 12.0 Å². The third-order valence-electron chi connectivity index (χ3n) is 4.66. The summed E-state index contributed by atoms with van der Waals surface area (Å²) >= 11 is 7.91. The molecule has 3 rings (SSSR count). The zero-order valence-electron chi connectivity index (χ0n) is 15.4. The van der Waals surface area contributed by atoms with E-state index in [2.05, 4.69) is 37.5 Å². The van der Waals surface area contributed by atoms with Gasteiger partial charge in [-0.2, -0.15) is 0 Å². The standard InChI is InChI=1S/C18H25ClN6S/c1-13-22-23-17(24(13)3)12-21-18(20-2)25-10-8-16(9-11-25)26-15-6-4-14(19)5-7-15/h4-7,16H,8-12H2,1-3H3,(H,20,21). The van der Waals surface area contributed by atoms with Gasteiger partial charge in [0.05, 0.1) is 6.54 Å². The first kappa shape index (κ1) is 19.0. The molecule has 0 saturated carbocycles. The number of nitrogens with one attached hydrogen (secondary N) is 1. The topological polar surface area (TPSA) is 58.3 Å². The van der Waals surface area contributed by atoms with E-state index in [1.165, 1.54) is 4.90 Å². The molecule has 1 N–H and O–H groups in total. The molecule has 2 heterocycles. The van der Waals surface area contributed by atoms with Crippen molar-refractivity contribution in [3.05, 3.63) is 40.9 Å². The van der Waals surface area contributed by atoms with Crippen LogP contribution >= 0.6 is 23.4 Å². The second-order valence-corrected chi connectivity index (χ2v) is 8.19. The van der Waals surface area contributed by atoms with Crippen molar-refractivity contribution in [2.45, 2.75) is 36.5 Å². The number of piperidine rings is 1. The Bertz CT molecular complexity index is 750. The number of hydrogen-bond donors (Lipinski definition) is 1. The molecule has 0 spiro atoms. The Kier molecular flexibility index (Phi) is 6.43. The van der Waals surface area contributed by atoms with Gasteiger partial charge < -0.3 is 14.8 Å². The van der Waals surface area contributed by atoms with E-state index < -0.39 is 0 Å². The number of likely N-dealkylation sites (tertiary alicyclic amines) is 1. The number of rotatable bonds is 4. The Labute approximate surface area is 164 Å². The van der Waals surface area contributed by atoms with Crippen LogP contribution in [0.3, 0.4) is 0 Å². The molecule has 0 atom stereocenters. The molecular formula is C18H25ClN6S. The van der Waals surface area contributed by atoms with Gasteiger partial charge in [-0.25, -0.2) is 0 Å². The first-order chi connectivity index (χ1) is 12.6. The van der Waals surface area contributed by atoms with E-state index in [0.29, 0.717) is 11.8 Å². The van der Waals surface area contributed by atoms with E-state index in [4.69, 9.17) is 11.6 Å². The predicted molar refractivity (Wildman–Crippen MR) is 108 cm³/mol. The third-order valence-corrected chi connectivity index (χ3v) is 6.26. The lowest BCUT2D eigenvalue weighted by Crippen LogP contribution is -2.46. The van der Waals surface area contributed by atoms with Crippen LogP contribution in [0.15, 0.2) is 34.2 Å². The maximum atomic E-state index is 5.96. The zero-order chi connectivity index (χ0) is 18.5. The zero-order valence-corrected chi connectivity index (χ0v) is 17.0. The molecule has 2 aromatic rings. The number of aromatic nitrogens is 3. The van der Waals surface area contributed by atoms with Gasteiger partial charge in [0.2, 0.25) is 0 Å². The van der Waals surface area contributed by atoms with Crippen LogP contribution in [0.5, 0.6) is 0 Å². The van der Waals surface area contributed by atoms with Crippen molar-refractivity contribution in [1.82, 2.24) is 25.0 Å². The second kappa shape index (κ2) is 8.77. The maximum Gasteiger partial charge on any atom is 0.194 e. The molecule has 1 aromatic heterocycles. The van der Waals surface area contributed by atoms with Crippen molar-refractivity contribution < 1.29 is 0 Å². The molecule has 1 aliphatic heterocycles. The van der Waals surface area contributed by atoms with Crippen LogP contribution < -0.4 is 5.32 Å². The van der Waals surface area contributed by atoms with Crippen LogP contribution in [0.2, 0.25) is 5.02 Å². The highest BCUT2D eigenvalue weighted by Gasteiger charge is 2.22. The molecule has 0 unspecified atom stereocenters. The van der Waals surface area contributed by atoms with Crippen molar-refractivity contribution in [3.8, 4) is 0 Å². The Morgan fingerprint density at radius 2 is 1.96 bits per heavy atom. The van der Waals surface area contributed by atoms with Crippen LogP contribution in [0.4, 0.5) is 0 Å². The summed E-state index contributed by atoms with van der Waals surface area (Å²) in [6.07, 6.45) is 2.27. The number of hydrogen-bond acceptors (Lipinski definition) is 4. The Morgan fingerprint density at radius 1 is 1.27 bits per heavy atom. The fourth-order valence-electron chi connectivity index (χ4n) is 2.99. The Hall–Kier alpha value is -1.73. The lowest BCUT2D eigenvalue weighted by Gasteiger charge is -2.34. The van der Waals surface area contributed by atoms with E-state index in [1.54, 1.807) is 0 Å². The van der Waals surface area contributed by atoms with Crippen LogP contribution in [0, 0.1) is 6.92 Å². The second-order valence-electron chi connectivity index (χ2n) is 6.38. The normalized spacial score (nSPS) is 16.2. The van der Waals surface area contributed by atoms with E-state index >= 15 is 0 Å². The summed E-state index contributed by atoms with van der Waals surface area (Å²) < 4.78 is 2.00. The fraction of sp³-hybridized carbons (Fsp3) is 0.500. The van der Waals surface area contributed by atoms with Gasteiger partial charge in [-0.3, -0.25) is 4.99 Å². The summed E-state index contributed by atoms with van der Waals surface area (Å²) in [5, 5.41) is 13.1. The molecule has 1 saturated heterocycles. The number of aryl methyl sites for hydroxylation is 1. The highest BCUT2D eigenvalue weighted by molar-refractivity contribution is 8.00. The lowest BCUT2D eigenvalue weighted by molar-refractivity contribution is 0.337. The summed E-state index contributed by atoms with van der Waals surface area (Å²) in [5.74, 6) is 2.76. The minimum Gasteiger partial charge on any atom is -0.349 e. The molecule has 0 aliphatic carbocycles. The Balaban J connectivity index is 1.49. The number of aliphatic imine (C=N–C) groups is 1. The highest BCUT2D eigenvalue weighted by atomic mass is 35.5. The maximum absolute atomic E-state index is 5.96. The number of halogens is 1. The van der Waals surface area contributed by atoms with Gasteiger partial charge in [0.15, 0.2) is 11.8 Å². The van der Waals surface area contributed by atoms with Crippen molar-refractivity contribution >= 4 is 29.3 Å². The third kappa shape index (κ3) is 4.71. The molecule has 26 heavy (non-hydrogen) atoms. The van der Waals surface area contributed by atoms with E-state index in [1.807, 2.05) is 49.5 Å². The van der Waals surface area contributed by atoms with E-state index in [0.717, 1.165) is 48.6 Å². The van der Waals surface area contributed by atoms with Gasteiger partial charge in [0, 0.05) is 42.4 Å². The summed E-state index contributed by atoms with van der Waals surface area (Å²) in [7, 11) is 3.81. The molecule has 6 nitrogen and oxygen atoms in total. The van der Waals surface area contributed by atoms with Crippen LogP contribution in [0.1, 0.15) is 24.5 Å². The van der Waals surface area contributed by atoms with Gasteiger partial charge in [-0.15, -0.1) is 22.0 Å². The number of guanidine groups is 1. The number of nitrogens with zero attached hydrogens (tertiary/aromatic N) is 5. The van der Waals surface area contributed by atoms with Gasteiger partial charge in [0.25, 0.3) is 0 Å². The summed E-state index contributed by atoms with van der Waals surface area (Å²) in [6.45, 7) is 4.59. The van der Waals surface area contributed by atoms with E-state index in [9.17, 15) is 0 Å². The number of thioether (sulfide) groups is 1. The molecule has 0 radical (unpaired) electrons. The molecule has 1 aromatic carbocycles. The molecule has 0 bridgehead atoms. The summed E-state index contributed by atoms with van der Waals surface area (Å²) in [4.78, 5) is 8.04. The largest absolute Gasteiger partial charge is 0.349 e. The first-order valence-electron chi connectivity index (χ1n) is 8.79. The van der Waals surface area contributed by atoms with Crippen molar-refractivity contribution in [1.29, 1.82) is 0 Å². The van der Waals surface area contributed by atoms with Crippen LogP contribution in [0.25, 0.3) is 0 Å². The monoisotopic (exact) mass is 392 g/mol. The molecular weight excluding hydrogens is 368 g/mol. The quantitative estimate of drug-likeness (QED) is 0.640. The Morgan fingerprint density at radius 3 is 2.54 bits per heavy atom. The fourth-order valence-corrected chi connectivity index (χ4v) is 4.24. The molecule has 0 amide bonds. The van der Waals surface area contributed by atoms with Crippen molar-refractivity contribution in [3.63, 3.8) is 0 Å². The highest BCUT2D eigenvalue weighted by Crippen LogP contribution is 2.31. The average molecular weight is 393 g/mol. The SMILES string of the molecule is CN=C(NCc1nnc(C)n1C)N1CCC(Sc2ccc(Cl)cc2)CC1. The average Bonchev–Trinajstić information content (AvgIpc) is 2.97. The summed E-state index contributed by atoms with van der Waals surface area (Å²) in [6, 6.07) is 8.11. The smallest absolute Gasteiger partial charge is 0.194 e. The molecule has 1 aliphatic rings. The minimum atomic E-state index is 0.628. The molecule has 1 fully saturated rings. The summed E-state index contributed by atoms with van der Waals surface area (Å²) in [5.41, 5.74) is 0. The molecule has 140 valence electrons. The van der Waals surface area contributed by atoms with E-state index in [-0.39, 0.29) is 0 Å². The minimum absolute atomic E-state index is 0.628. The van der Waals surface area contributed by atoms with Crippen molar-refractivity contribution in [2.75, 3.05) is 20.1 Å². The van der Waals surface area contributed by atoms with Crippen LogP contribution in [-0.2, 0) is 13.6 Å². The van der Waals surface area contributed by atoms with Gasteiger partial charge >= 0.3 is 0 Å². The predicted octanol–water partition coefficient (Wildman–Crippen LogP) is 3.11.